The number of hydrogen-bond acceptors (Lipinski definition) is 3. The SMILES string of the molecule is CCCn1c(CN)nnc1-c1cc(F)c(F)c(F)c1. The second-order valence-corrected chi connectivity index (χ2v) is 4.05. The van der Waals surface area contributed by atoms with Crippen molar-refractivity contribution in [2.24, 2.45) is 5.73 Å². The molecule has 1 aromatic carbocycles. The molecule has 0 aliphatic heterocycles. The summed E-state index contributed by atoms with van der Waals surface area (Å²) in [6, 6.07) is 1.80. The Morgan fingerprint density at radius 3 is 2.32 bits per heavy atom. The Morgan fingerprint density at radius 2 is 1.79 bits per heavy atom. The lowest BCUT2D eigenvalue weighted by molar-refractivity contribution is 0.447. The summed E-state index contributed by atoms with van der Waals surface area (Å²) in [6.45, 7) is 2.67. The van der Waals surface area contributed by atoms with Gasteiger partial charge in [0.1, 0.15) is 5.82 Å². The molecule has 0 unspecified atom stereocenters. The van der Waals surface area contributed by atoms with E-state index in [1.165, 1.54) is 0 Å². The van der Waals surface area contributed by atoms with Gasteiger partial charge in [-0.05, 0) is 18.6 Å². The maximum Gasteiger partial charge on any atom is 0.194 e. The molecule has 2 N–H and O–H groups in total. The summed E-state index contributed by atoms with van der Waals surface area (Å²) >= 11 is 0. The van der Waals surface area contributed by atoms with Crippen molar-refractivity contribution in [3.8, 4) is 11.4 Å². The summed E-state index contributed by atoms with van der Waals surface area (Å²) in [7, 11) is 0. The molecule has 7 heteroatoms. The Kier molecular flexibility index (Phi) is 3.84. The molecule has 0 saturated carbocycles. The zero-order chi connectivity index (χ0) is 14.0. The van der Waals surface area contributed by atoms with E-state index in [9.17, 15) is 13.2 Å². The average Bonchev–Trinajstić information content (AvgIpc) is 2.79. The Hall–Kier alpha value is -1.89. The van der Waals surface area contributed by atoms with E-state index in [1.54, 1.807) is 4.57 Å². The lowest BCUT2D eigenvalue weighted by Gasteiger charge is -2.08. The van der Waals surface area contributed by atoms with Gasteiger partial charge in [-0.25, -0.2) is 13.2 Å². The van der Waals surface area contributed by atoms with Crippen molar-refractivity contribution in [2.45, 2.75) is 26.4 Å². The highest BCUT2D eigenvalue weighted by Gasteiger charge is 2.17. The maximum atomic E-state index is 13.2. The Morgan fingerprint density at radius 1 is 1.16 bits per heavy atom. The van der Waals surface area contributed by atoms with Gasteiger partial charge in [0, 0.05) is 12.1 Å². The molecule has 0 spiro atoms. The van der Waals surface area contributed by atoms with Crippen LogP contribution in [0.4, 0.5) is 13.2 Å². The van der Waals surface area contributed by atoms with Crippen molar-refractivity contribution in [1.29, 1.82) is 0 Å². The molecule has 2 rings (SSSR count). The second-order valence-electron chi connectivity index (χ2n) is 4.05. The average molecular weight is 270 g/mol. The predicted molar refractivity (Wildman–Crippen MR) is 63.5 cm³/mol. The minimum Gasteiger partial charge on any atom is -0.324 e. The van der Waals surface area contributed by atoms with Crippen LogP contribution in [0.25, 0.3) is 11.4 Å². The second kappa shape index (κ2) is 5.40. The summed E-state index contributed by atoms with van der Waals surface area (Å²) in [5.74, 6) is -3.21. The zero-order valence-electron chi connectivity index (χ0n) is 10.3. The zero-order valence-corrected chi connectivity index (χ0v) is 10.3. The van der Waals surface area contributed by atoms with Crippen LogP contribution in [0.3, 0.4) is 0 Å². The molecule has 2 aromatic rings. The molecule has 19 heavy (non-hydrogen) atoms. The molecular formula is C12H13F3N4. The molecule has 102 valence electrons. The largest absolute Gasteiger partial charge is 0.324 e. The molecule has 1 aromatic heterocycles. The fraction of sp³-hybridized carbons (Fsp3) is 0.333. The van der Waals surface area contributed by atoms with E-state index in [2.05, 4.69) is 10.2 Å². The third kappa shape index (κ3) is 2.46. The highest BCUT2D eigenvalue weighted by atomic mass is 19.2. The minimum absolute atomic E-state index is 0.136. The summed E-state index contributed by atoms with van der Waals surface area (Å²) in [4.78, 5) is 0. The van der Waals surface area contributed by atoms with Crippen LogP contribution in [0.15, 0.2) is 12.1 Å². The van der Waals surface area contributed by atoms with E-state index < -0.39 is 17.5 Å². The quantitative estimate of drug-likeness (QED) is 0.867. The van der Waals surface area contributed by atoms with Gasteiger partial charge in [-0.2, -0.15) is 0 Å². The van der Waals surface area contributed by atoms with Crippen molar-refractivity contribution in [2.75, 3.05) is 0 Å². The van der Waals surface area contributed by atoms with Gasteiger partial charge in [0.25, 0.3) is 0 Å². The number of halogens is 3. The molecule has 0 radical (unpaired) electrons. The predicted octanol–water partition coefficient (Wildman–Crippen LogP) is 2.23. The minimum atomic E-state index is -1.50. The third-order valence-corrected chi connectivity index (χ3v) is 2.70. The van der Waals surface area contributed by atoms with Crippen LogP contribution in [0.2, 0.25) is 0 Å². The first kappa shape index (κ1) is 13.5. The van der Waals surface area contributed by atoms with E-state index >= 15 is 0 Å². The van der Waals surface area contributed by atoms with Crippen LogP contribution in [-0.2, 0) is 13.1 Å². The van der Waals surface area contributed by atoms with Crippen LogP contribution in [0.5, 0.6) is 0 Å². The fourth-order valence-corrected chi connectivity index (χ4v) is 1.84. The number of aromatic nitrogens is 3. The van der Waals surface area contributed by atoms with Crippen LogP contribution in [0, 0.1) is 17.5 Å². The fourth-order valence-electron chi connectivity index (χ4n) is 1.84. The monoisotopic (exact) mass is 270 g/mol. The molecule has 0 atom stereocenters. The van der Waals surface area contributed by atoms with E-state index in [-0.39, 0.29) is 17.9 Å². The topological polar surface area (TPSA) is 56.7 Å². The molecule has 0 amide bonds. The Bertz CT molecular complexity index is 572. The van der Waals surface area contributed by atoms with Crippen molar-refractivity contribution in [3.63, 3.8) is 0 Å². The number of rotatable bonds is 4. The van der Waals surface area contributed by atoms with Crippen molar-refractivity contribution in [1.82, 2.24) is 14.8 Å². The number of benzene rings is 1. The maximum absolute atomic E-state index is 13.2. The van der Waals surface area contributed by atoms with E-state index in [4.69, 9.17) is 5.73 Å². The van der Waals surface area contributed by atoms with E-state index in [1.807, 2.05) is 6.92 Å². The van der Waals surface area contributed by atoms with Crippen molar-refractivity contribution in [3.05, 3.63) is 35.4 Å². The highest BCUT2D eigenvalue weighted by Crippen LogP contribution is 2.23. The van der Waals surface area contributed by atoms with Gasteiger partial charge in [-0.3, -0.25) is 0 Å². The summed E-state index contributed by atoms with van der Waals surface area (Å²) < 4.78 is 41.1. The normalized spacial score (nSPS) is 11.0. The molecule has 4 nitrogen and oxygen atoms in total. The van der Waals surface area contributed by atoms with Crippen LogP contribution in [0.1, 0.15) is 19.2 Å². The van der Waals surface area contributed by atoms with Gasteiger partial charge >= 0.3 is 0 Å². The lowest BCUT2D eigenvalue weighted by atomic mass is 10.2. The van der Waals surface area contributed by atoms with Gasteiger partial charge in [-0.15, -0.1) is 10.2 Å². The Labute approximate surface area is 108 Å². The molecule has 0 aliphatic carbocycles. The van der Waals surface area contributed by atoms with Crippen LogP contribution >= 0.6 is 0 Å². The van der Waals surface area contributed by atoms with Crippen molar-refractivity contribution < 1.29 is 13.2 Å². The molecule has 0 saturated heterocycles. The number of nitrogens with zero attached hydrogens (tertiary/aromatic N) is 3. The first-order valence-electron chi connectivity index (χ1n) is 5.85. The van der Waals surface area contributed by atoms with Gasteiger partial charge < -0.3 is 10.3 Å². The lowest BCUT2D eigenvalue weighted by Crippen LogP contribution is -2.09. The Balaban J connectivity index is 2.55. The first-order chi connectivity index (χ1) is 9.08. The van der Waals surface area contributed by atoms with E-state index in [0.717, 1.165) is 18.6 Å². The summed E-state index contributed by atoms with van der Waals surface area (Å²) in [5, 5.41) is 7.73. The highest BCUT2D eigenvalue weighted by molar-refractivity contribution is 5.55. The number of nitrogens with two attached hydrogens (primary N) is 1. The molecule has 0 fully saturated rings. The van der Waals surface area contributed by atoms with Gasteiger partial charge in [-0.1, -0.05) is 6.92 Å². The molecular weight excluding hydrogens is 257 g/mol. The van der Waals surface area contributed by atoms with E-state index in [0.29, 0.717) is 12.4 Å². The molecule has 1 heterocycles. The summed E-state index contributed by atoms with van der Waals surface area (Å²) in [6.07, 6.45) is 0.782. The van der Waals surface area contributed by atoms with Crippen molar-refractivity contribution >= 4 is 0 Å². The third-order valence-electron chi connectivity index (χ3n) is 2.70. The standard InChI is InChI=1S/C12H13F3N4/c1-2-3-19-10(6-16)17-18-12(19)7-4-8(13)11(15)9(14)5-7/h4-5H,2-3,6,16H2,1H3. The number of hydrogen-bond donors (Lipinski definition) is 1. The molecule has 0 aliphatic rings. The first-order valence-corrected chi connectivity index (χ1v) is 5.85. The summed E-state index contributed by atoms with van der Waals surface area (Å²) in [5.41, 5.74) is 5.66. The van der Waals surface area contributed by atoms with Crippen LogP contribution in [-0.4, -0.2) is 14.8 Å². The van der Waals surface area contributed by atoms with Gasteiger partial charge in [0.05, 0.1) is 6.54 Å². The molecule has 0 bridgehead atoms. The van der Waals surface area contributed by atoms with Gasteiger partial charge in [0.2, 0.25) is 0 Å². The smallest absolute Gasteiger partial charge is 0.194 e. The van der Waals surface area contributed by atoms with Crippen LogP contribution < -0.4 is 5.73 Å². The van der Waals surface area contributed by atoms with Gasteiger partial charge in [0.15, 0.2) is 23.3 Å².